The second-order valence-electron chi connectivity index (χ2n) is 5.96. The van der Waals surface area contributed by atoms with E-state index < -0.39 is 5.66 Å². The number of carbonyl (C=O) groups excluding carboxylic acids is 1. The topological polar surface area (TPSA) is 35.6 Å². The molecule has 1 saturated heterocycles. The smallest absolute Gasteiger partial charge is 0.255 e. The number of hydrogen-bond donors (Lipinski definition) is 1. The molecule has 1 atom stereocenters. The Morgan fingerprint density at radius 1 is 1.00 bits per heavy atom. The fourth-order valence-electron chi connectivity index (χ4n) is 3.60. The molecule has 2 aromatic rings. The molecule has 1 unspecified atom stereocenters. The van der Waals surface area contributed by atoms with Crippen molar-refractivity contribution in [2.75, 3.05) is 25.0 Å². The average Bonchev–Trinajstić information content (AvgIpc) is 2.91. The van der Waals surface area contributed by atoms with Gasteiger partial charge in [-0.1, -0.05) is 48.5 Å². The van der Waals surface area contributed by atoms with Crippen molar-refractivity contribution in [1.82, 2.24) is 10.2 Å². The zero-order chi connectivity index (χ0) is 15.9. The Morgan fingerprint density at radius 3 is 2.35 bits per heavy atom. The van der Waals surface area contributed by atoms with E-state index in [4.69, 9.17) is 0 Å². The van der Waals surface area contributed by atoms with Crippen LogP contribution in [0.4, 0.5) is 5.69 Å². The molecule has 2 aliphatic rings. The van der Waals surface area contributed by atoms with Crippen LogP contribution in [0.1, 0.15) is 5.56 Å². The largest absolute Gasteiger partial charge is 0.373 e. The summed E-state index contributed by atoms with van der Waals surface area (Å²) in [6.45, 7) is 1.70. The lowest BCUT2D eigenvalue weighted by Crippen LogP contribution is -2.62. The van der Waals surface area contributed by atoms with Crippen molar-refractivity contribution in [2.45, 2.75) is 5.66 Å². The zero-order valence-electron chi connectivity index (χ0n) is 13.1. The lowest BCUT2D eigenvalue weighted by molar-refractivity contribution is -0.114. The van der Waals surface area contributed by atoms with Crippen molar-refractivity contribution < 1.29 is 4.79 Å². The van der Waals surface area contributed by atoms with Gasteiger partial charge in [0.15, 0.2) is 5.66 Å². The van der Waals surface area contributed by atoms with E-state index in [0.29, 0.717) is 0 Å². The van der Waals surface area contributed by atoms with Gasteiger partial charge in [0.05, 0.1) is 5.70 Å². The highest BCUT2D eigenvalue weighted by Crippen LogP contribution is 2.43. The van der Waals surface area contributed by atoms with E-state index in [1.54, 1.807) is 6.08 Å². The Morgan fingerprint density at radius 2 is 1.65 bits per heavy atom. The molecule has 0 aromatic heterocycles. The molecule has 2 aliphatic heterocycles. The maximum Gasteiger partial charge on any atom is 0.255 e. The first-order valence-electron chi connectivity index (χ1n) is 7.86. The van der Waals surface area contributed by atoms with Gasteiger partial charge in [-0.3, -0.25) is 15.0 Å². The van der Waals surface area contributed by atoms with Gasteiger partial charge in [0.1, 0.15) is 0 Å². The summed E-state index contributed by atoms with van der Waals surface area (Å²) < 4.78 is 0. The first-order chi connectivity index (χ1) is 11.2. The summed E-state index contributed by atoms with van der Waals surface area (Å²) in [5.74, 6) is 0.0105. The van der Waals surface area contributed by atoms with Crippen molar-refractivity contribution in [3.8, 4) is 0 Å². The van der Waals surface area contributed by atoms with E-state index in [2.05, 4.69) is 22.3 Å². The highest BCUT2D eigenvalue weighted by Gasteiger charge is 2.52. The third kappa shape index (κ3) is 1.99. The summed E-state index contributed by atoms with van der Waals surface area (Å²) >= 11 is 0. The molecular formula is C19H19N3O. The summed E-state index contributed by atoms with van der Waals surface area (Å²) in [7, 11) is 2.05. The van der Waals surface area contributed by atoms with Crippen molar-refractivity contribution in [3.05, 3.63) is 78.0 Å². The predicted molar refractivity (Wildman–Crippen MR) is 90.8 cm³/mol. The highest BCUT2D eigenvalue weighted by molar-refractivity contribution is 6.07. The molecule has 0 aliphatic carbocycles. The summed E-state index contributed by atoms with van der Waals surface area (Å²) in [6, 6.07) is 20.0. The maximum atomic E-state index is 12.8. The second-order valence-corrected chi connectivity index (χ2v) is 5.96. The van der Waals surface area contributed by atoms with Crippen LogP contribution in [0.25, 0.3) is 0 Å². The quantitative estimate of drug-likeness (QED) is 0.925. The number of benzene rings is 2. The monoisotopic (exact) mass is 305 g/mol. The Kier molecular flexibility index (Phi) is 3.20. The highest BCUT2D eigenvalue weighted by atomic mass is 16.2. The standard InChI is InChI=1S/C19H19N3O/c1-21-13-12-20-19(15-8-4-2-5-9-15)17(21)14-18(23)22(19)16-10-6-3-7-11-16/h2-11,14,20H,12-13H2,1H3. The van der Waals surface area contributed by atoms with Crippen molar-refractivity contribution >= 4 is 11.6 Å². The van der Waals surface area contributed by atoms with E-state index in [1.807, 2.05) is 60.5 Å². The molecular weight excluding hydrogens is 286 g/mol. The van der Waals surface area contributed by atoms with E-state index in [1.165, 1.54) is 0 Å². The molecule has 1 fully saturated rings. The lowest BCUT2D eigenvalue weighted by atomic mass is 9.92. The number of piperazine rings is 1. The van der Waals surface area contributed by atoms with Gasteiger partial charge in [0.25, 0.3) is 5.91 Å². The van der Waals surface area contributed by atoms with E-state index in [0.717, 1.165) is 30.0 Å². The minimum Gasteiger partial charge on any atom is -0.373 e. The summed E-state index contributed by atoms with van der Waals surface area (Å²) in [4.78, 5) is 16.9. The molecule has 0 saturated carbocycles. The first kappa shape index (κ1) is 14.0. The number of likely N-dealkylation sites (N-methyl/N-ethyl adjacent to an activating group) is 1. The summed E-state index contributed by atoms with van der Waals surface area (Å²) in [6.07, 6.45) is 1.76. The van der Waals surface area contributed by atoms with Gasteiger partial charge < -0.3 is 4.90 Å². The van der Waals surface area contributed by atoms with Crippen LogP contribution in [0.2, 0.25) is 0 Å². The Balaban J connectivity index is 1.94. The number of fused-ring (bicyclic) bond motifs is 1. The number of carbonyl (C=O) groups is 1. The minimum absolute atomic E-state index is 0.0105. The van der Waals surface area contributed by atoms with Crippen LogP contribution in [-0.2, 0) is 10.5 Å². The average molecular weight is 305 g/mol. The van der Waals surface area contributed by atoms with Crippen molar-refractivity contribution in [3.63, 3.8) is 0 Å². The molecule has 1 amide bonds. The molecule has 0 bridgehead atoms. The Bertz CT molecular complexity index is 757. The molecule has 0 spiro atoms. The molecule has 1 N–H and O–H groups in total. The van der Waals surface area contributed by atoms with Crippen molar-refractivity contribution in [2.24, 2.45) is 0 Å². The fraction of sp³-hybridized carbons (Fsp3) is 0.211. The molecule has 4 rings (SSSR count). The maximum absolute atomic E-state index is 12.8. The summed E-state index contributed by atoms with van der Waals surface area (Å²) in [5.41, 5.74) is 2.35. The van der Waals surface area contributed by atoms with Crippen LogP contribution in [0.5, 0.6) is 0 Å². The van der Waals surface area contributed by atoms with Gasteiger partial charge in [-0.15, -0.1) is 0 Å². The second kappa shape index (κ2) is 5.25. The van der Waals surface area contributed by atoms with E-state index >= 15 is 0 Å². The van der Waals surface area contributed by atoms with E-state index in [9.17, 15) is 4.79 Å². The molecule has 23 heavy (non-hydrogen) atoms. The molecule has 2 aromatic carbocycles. The van der Waals surface area contributed by atoms with Crippen LogP contribution in [0.15, 0.2) is 72.4 Å². The Labute approximate surface area is 136 Å². The van der Waals surface area contributed by atoms with Gasteiger partial charge in [-0.05, 0) is 17.7 Å². The number of anilines is 1. The number of nitrogens with zero attached hydrogens (tertiary/aromatic N) is 2. The van der Waals surface area contributed by atoms with Crippen LogP contribution in [-0.4, -0.2) is 30.9 Å². The SMILES string of the molecule is CN1CCNC2(c3ccccc3)C1=CC(=O)N2c1ccccc1. The lowest BCUT2D eigenvalue weighted by Gasteiger charge is -2.47. The van der Waals surface area contributed by atoms with Gasteiger partial charge >= 0.3 is 0 Å². The van der Waals surface area contributed by atoms with Gasteiger partial charge in [0, 0.05) is 31.9 Å². The van der Waals surface area contributed by atoms with Gasteiger partial charge in [0.2, 0.25) is 0 Å². The molecule has 4 nitrogen and oxygen atoms in total. The number of para-hydroxylation sites is 1. The molecule has 2 heterocycles. The van der Waals surface area contributed by atoms with Crippen LogP contribution < -0.4 is 10.2 Å². The molecule has 0 radical (unpaired) electrons. The van der Waals surface area contributed by atoms with Crippen LogP contribution in [0, 0.1) is 0 Å². The third-order valence-electron chi connectivity index (χ3n) is 4.63. The summed E-state index contributed by atoms with van der Waals surface area (Å²) in [5, 5.41) is 3.62. The zero-order valence-corrected chi connectivity index (χ0v) is 13.1. The van der Waals surface area contributed by atoms with E-state index in [-0.39, 0.29) is 5.91 Å². The predicted octanol–water partition coefficient (Wildman–Crippen LogP) is 2.31. The normalized spacial score (nSPS) is 23.7. The van der Waals surface area contributed by atoms with Gasteiger partial charge in [-0.2, -0.15) is 0 Å². The number of nitrogens with one attached hydrogen (secondary N) is 1. The van der Waals surface area contributed by atoms with Crippen LogP contribution in [0.3, 0.4) is 0 Å². The number of amides is 1. The number of hydrogen-bond acceptors (Lipinski definition) is 3. The minimum atomic E-state index is -0.632. The first-order valence-corrected chi connectivity index (χ1v) is 7.86. The van der Waals surface area contributed by atoms with Crippen LogP contribution >= 0.6 is 0 Å². The number of rotatable bonds is 2. The van der Waals surface area contributed by atoms with Crippen molar-refractivity contribution in [1.29, 1.82) is 0 Å². The fourth-order valence-corrected chi connectivity index (χ4v) is 3.60. The Hall–Kier alpha value is -2.59. The van der Waals surface area contributed by atoms with Gasteiger partial charge in [-0.25, -0.2) is 0 Å². The molecule has 116 valence electrons. The molecule has 4 heteroatoms. The third-order valence-corrected chi connectivity index (χ3v) is 4.63.